The van der Waals surface area contributed by atoms with Crippen LogP contribution in [0, 0.1) is 6.92 Å². The van der Waals surface area contributed by atoms with E-state index in [1.165, 1.54) is 25.1 Å². The second-order valence-electron chi connectivity index (χ2n) is 4.17. The Hall–Kier alpha value is -2.64. The highest BCUT2D eigenvalue weighted by Crippen LogP contribution is 2.35. The van der Waals surface area contributed by atoms with Gasteiger partial charge in [-0.2, -0.15) is 13.2 Å². The molecular formula is C13H10F3N3O2. The molecule has 0 bridgehead atoms. The highest BCUT2D eigenvalue weighted by atomic mass is 19.4. The molecule has 0 aliphatic rings. The number of hydrogen-bond acceptors (Lipinski definition) is 4. The summed E-state index contributed by atoms with van der Waals surface area (Å²) < 4.78 is 38.5. The quantitative estimate of drug-likeness (QED) is 0.909. The zero-order valence-corrected chi connectivity index (χ0v) is 10.8. The third kappa shape index (κ3) is 3.28. The van der Waals surface area contributed by atoms with Crippen LogP contribution in [0.1, 0.15) is 21.6 Å². The van der Waals surface area contributed by atoms with Gasteiger partial charge >= 0.3 is 12.1 Å². The third-order valence-corrected chi connectivity index (χ3v) is 2.69. The van der Waals surface area contributed by atoms with Crippen molar-refractivity contribution in [1.29, 1.82) is 0 Å². The molecule has 0 aliphatic carbocycles. The molecule has 2 aromatic rings. The van der Waals surface area contributed by atoms with E-state index in [-0.39, 0.29) is 22.9 Å². The first-order chi connectivity index (χ1) is 9.79. The van der Waals surface area contributed by atoms with Crippen LogP contribution in [0.25, 0.3) is 0 Å². The number of rotatable bonds is 3. The third-order valence-electron chi connectivity index (χ3n) is 2.69. The molecule has 2 N–H and O–H groups in total. The number of alkyl halides is 3. The van der Waals surface area contributed by atoms with Gasteiger partial charge in [0.25, 0.3) is 0 Å². The number of anilines is 2. The first kappa shape index (κ1) is 14.8. The Bertz CT molecular complexity index is 687. The molecule has 5 nitrogen and oxygen atoms in total. The largest absolute Gasteiger partial charge is 0.478 e. The molecule has 0 saturated heterocycles. The molecule has 0 saturated carbocycles. The van der Waals surface area contributed by atoms with Gasteiger partial charge in [-0.15, -0.1) is 0 Å². The molecule has 0 radical (unpaired) electrons. The molecule has 1 heterocycles. The van der Waals surface area contributed by atoms with Crippen molar-refractivity contribution in [3.8, 4) is 0 Å². The minimum atomic E-state index is -4.51. The Morgan fingerprint density at radius 2 is 1.95 bits per heavy atom. The highest BCUT2D eigenvalue weighted by molar-refractivity contribution is 5.88. The average Bonchev–Trinajstić information content (AvgIpc) is 2.37. The van der Waals surface area contributed by atoms with E-state index in [1.54, 1.807) is 0 Å². The van der Waals surface area contributed by atoms with E-state index in [9.17, 15) is 18.0 Å². The van der Waals surface area contributed by atoms with Crippen LogP contribution in [0.15, 0.2) is 30.5 Å². The highest BCUT2D eigenvalue weighted by Gasteiger charge is 2.33. The van der Waals surface area contributed by atoms with Gasteiger partial charge in [0, 0.05) is 6.20 Å². The normalized spacial score (nSPS) is 11.2. The minimum Gasteiger partial charge on any atom is -0.478 e. The SMILES string of the molecule is Cc1nc(Nc2ccccc2C(F)(F)F)ncc1C(=O)O. The van der Waals surface area contributed by atoms with Crippen molar-refractivity contribution in [2.45, 2.75) is 13.1 Å². The first-order valence-corrected chi connectivity index (χ1v) is 5.79. The Labute approximate surface area is 117 Å². The number of para-hydroxylation sites is 1. The van der Waals surface area contributed by atoms with E-state index in [0.29, 0.717) is 0 Å². The summed E-state index contributed by atoms with van der Waals surface area (Å²) in [5.41, 5.74) is -1.00. The molecule has 0 spiro atoms. The summed E-state index contributed by atoms with van der Waals surface area (Å²) in [5.74, 6) is -1.30. The standard InChI is InChI=1S/C13H10F3N3O2/c1-7-8(11(20)21)6-17-12(18-7)19-10-5-3-2-4-9(10)13(14,15)16/h2-6H,1H3,(H,20,21)(H,17,18,19). The number of aryl methyl sites for hydroxylation is 1. The van der Waals surface area contributed by atoms with Crippen LogP contribution in [0.2, 0.25) is 0 Å². The summed E-state index contributed by atoms with van der Waals surface area (Å²) in [6.07, 6.45) is -3.47. The molecule has 0 amide bonds. The Morgan fingerprint density at radius 1 is 1.29 bits per heavy atom. The lowest BCUT2D eigenvalue weighted by Crippen LogP contribution is -2.10. The van der Waals surface area contributed by atoms with Gasteiger partial charge < -0.3 is 10.4 Å². The Balaban J connectivity index is 2.35. The molecule has 0 aliphatic heterocycles. The van der Waals surface area contributed by atoms with Crippen LogP contribution >= 0.6 is 0 Å². The lowest BCUT2D eigenvalue weighted by Gasteiger charge is -2.13. The van der Waals surface area contributed by atoms with Gasteiger partial charge in [-0.3, -0.25) is 0 Å². The number of carboxylic acids is 1. The number of aromatic carboxylic acids is 1. The van der Waals surface area contributed by atoms with Gasteiger partial charge in [-0.1, -0.05) is 12.1 Å². The summed E-state index contributed by atoms with van der Waals surface area (Å²) in [5, 5.41) is 11.3. The molecular weight excluding hydrogens is 287 g/mol. The molecule has 0 unspecified atom stereocenters. The predicted molar refractivity (Wildman–Crippen MR) is 68.5 cm³/mol. The van der Waals surface area contributed by atoms with Crippen LogP contribution < -0.4 is 5.32 Å². The summed E-state index contributed by atoms with van der Waals surface area (Å²) >= 11 is 0. The smallest absolute Gasteiger partial charge is 0.418 e. The topological polar surface area (TPSA) is 75.1 Å². The number of aromatic nitrogens is 2. The maximum atomic E-state index is 12.8. The summed E-state index contributed by atoms with van der Waals surface area (Å²) in [7, 11) is 0. The van der Waals surface area contributed by atoms with Crippen molar-refractivity contribution in [1.82, 2.24) is 9.97 Å². The van der Waals surface area contributed by atoms with E-state index in [2.05, 4.69) is 15.3 Å². The maximum Gasteiger partial charge on any atom is 0.418 e. The molecule has 8 heteroatoms. The fraction of sp³-hybridized carbons (Fsp3) is 0.154. The summed E-state index contributed by atoms with van der Waals surface area (Å²) in [6, 6.07) is 4.89. The van der Waals surface area contributed by atoms with E-state index < -0.39 is 17.7 Å². The van der Waals surface area contributed by atoms with Crippen molar-refractivity contribution in [3.05, 3.63) is 47.3 Å². The van der Waals surface area contributed by atoms with Crippen molar-refractivity contribution >= 4 is 17.6 Å². The van der Waals surface area contributed by atoms with Gasteiger partial charge in [-0.25, -0.2) is 14.8 Å². The summed E-state index contributed by atoms with van der Waals surface area (Å²) in [6.45, 7) is 1.44. The van der Waals surface area contributed by atoms with Crippen molar-refractivity contribution in [2.75, 3.05) is 5.32 Å². The van der Waals surface area contributed by atoms with Gasteiger partial charge in [0.2, 0.25) is 5.95 Å². The number of carboxylic acid groups (broad SMARTS) is 1. The zero-order chi connectivity index (χ0) is 15.6. The fourth-order valence-electron chi connectivity index (χ4n) is 1.70. The van der Waals surface area contributed by atoms with Gasteiger partial charge in [0.15, 0.2) is 0 Å². The predicted octanol–water partition coefficient (Wildman–Crippen LogP) is 3.25. The molecule has 21 heavy (non-hydrogen) atoms. The molecule has 110 valence electrons. The van der Waals surface area contributed by atoms with Crippen LogP contribution in [0.4, 0.5) is 24.8 Å². The van der Waals surface area contributed by atoms with E-state index in [0.717, 1.165) is 12.3 Å². The zero-order valence-electron chi connectivity index (χ0n) is 10.8. The lowest BCUT2D eigenvalue weighted by molar-refractivity contribution is -0.136. The number of halogens is 3. The minimum absolute atomic E-state index is 0.103. The lowest BCUT2D eigenvalue weighted by atomic mass is 10.1. The second-order valence-corrected chi connectivity index (χ2v) is 4.17. The molecule has 0 fully saturated rings. The molecule has 0 atom stereocenters. The maximum absolute atomic E-state index is 12.8. The fourth-order valence-corrected chi connectivity index (χ4v) is 1.70. The first-order valence-electron chi connectivity index (χ1n) is 5.79. The average molecular weight is 297 g/mol. The van der Waals surface area contributed by atoms with Crippen LogP contribution in [0.3, 0.4) is 0 Å². The van der Waals surface area contributed by atoms with Crippen molar-refractivity contribution in [3.63, 3.8) is 0 Å². The number of hydrogen-bond donors (Lipinski definition) is 2. The Kier molecular flexibility index (Phi) is 3.79. The van der Waals surface area contributed by atoms with Crippen molar-refractivity contribution in [2.24, 2.45) is 0 Å². The number of carbonyl (C=O) groups is 1. The van der Waals surface area contributed by atoms with Crippen LogP contribution in [-0.4, -0.2) is 21.0 Å². The monoisotopic (exact) mass is 297 g/mol. The summed E-state index contributed by atoms with van der Waals surface area (Å²) in [4.78, 5) is 18.4. The van der Waals surface area contributed by atoms with Gasteiger partial charge in [-0.05, 0) is 19.1 Å². The molecule has 2 rings (SSSR count). The van der Waals surface area contributed by atoms with Crippen LogP contribution in [-0.2, 0) is 6.18 Å². The van der Waals surface area contributed by atoms with E-state index in [1.807, 2.05) is 0 Å². The van der Waals surface area contributed by atoms with E-state index >= 15 is 0 Å². The number of nitrogens with one attached hydrogen (secondary N) is 1. The van der Waals surface area contributed by atoms with Crippen molar-refractivity contribution < 1.29 is 23.1 Å². The number of benzene rings is 1. The van der Waals surface area contributed by atoms with Crippen LogP contribution in [0.5, 0.6) is 0 Å². The van der Waals surface area contributed by atoms with Gasteiger partial charge in [0.05, 0.1) is 22.5 Å². The second kappa shape index (κ2) is 5.39. The number of nitrogens with zero attached hydrogens (tertiary/aromatic N) is 2. The molecule has 1 aromatic heterocycles. The Morgan fingerprint density at radius 3 is 2.52 bits per heavy atom. The van der Waals surface area contributed by atoms with Gasteiger partial charge in [0.1, 0.15) is 0 Å². The van der Waals surface area contributed by atoms with E-state index in [4.69, 9.17) is 5.11 Å². The molecule has 1 aromatic carbocycles.